The molecular formula is C23H16F4N8O. The van der Waals surface area contributed by atoms with Crippen LogP contribution in [0.3, 0.4) is 0 Å². The van der Waals surface area contributed by atoms with E-state index in [9.17, 15) is 22.4 Å². The molecule has 0 radical (unpaired) electrons. The molecular weight excluding hydrogens is 480 g/mol. The molecule has 2 amide bonds. The van der Waals surface area contributed by atoms with Gasteiger partial charge in [0.1, 0.15) is 11.5 Å². The van der Waals surface area contributed by atoms with Crippen LogP contribution in [0.15, 0.2) is 67.0 Å². The highest BCUT2D eigenvalue weighted by Gasteiger charge is 2.31. The molecule has 0 aliphatic rings. The van der Waals surface area contributed by atoms with Crippen molar-refractivity contribution in [1.82, 2.24) is 30.2 Å². The van der Waals surface area contributed by atoms with Crippen molar-refractivity contribution in [1.29, 1.82) is 0 Å². The number of H-pyrrole nitrogens is 1. The molecule has 0 saturated carbocycles. The average molecular weight is 496 g/mol. The highest BCUT2D eigenvalue weighted by molar-refractivity contribution is 6.05. The first kappa shape index (κ1) is 23.0. The number of fused-ring (bicyclic) bond motifs is 1. The standard InChI is InChI=1S/C23H16F4N8O/c24-16-5-4-14(23(25,26)27)11-18(16)30-22(36)29-17-2-1-3-20-15(17)7-9-35(20)12-13-6-8-28-19(10-13)21-31-33-34-32-21/h1-11H,12H2,(H2,29,30,36)(H,31,32,33,34). The number of halogens is 4. The topological polar surface area (TPSA) is 113 Å². The fourth-order valence-corrected chi connectivity index (χ4v) is 3.71. The third-order valence-electron chi connectivity index (χ3n) is 5.37. The molecule has 0 spiro atoms. The summed E-state index contributed by atoms with van der Waals surface area (Å²) in [6, 6.07) is 11.6. The Morgan fingerprint density at radius 2 is 1.86 bits per heavy atom. The van der Waals surface area contributed by atoms with Gasteiger partial charge in [-0.1, -0.05) is 6.07 Å². The normalized spacial score (nSPS) is 11.6. The molecule has 0 fully saturated rings. The predicted octanol–water partition coefficient (Wildman–Crippen LogP) is 5.07. The number of carbonyl (C=O) groups is 1. The van der Waals surface area contributed by atoms with Gasteiger partial charge < -0.3 is 15.2 Å². The summed E-state index contributed by atoms with van der Waals surface area (Å²) in [5, 5.41) is 19.0. The van der Waals surface area contributed by atoms with Crippen LogP contribution in [0.25, 0.3) is 22.4 Å². The Morgan fingerprint density at radius 3 is 2.64 bits per heavy atom. The molecule has 5 rings (SSSR count). The zero-order valence-corrected chi connectivity index (χ0v) is 18.2. The zero-order chi connectivity index (χ0) is 25.3. The molecule has 36 heavy (non-hydrogen) atoms. The molecule has 9 nitrogen and oxygen atoms in total. The average Bonchev–Trinajstić information content (AvgIpc) is 3.51. The Labute approximate surface area is 200 Å². The Morgan fingerprint density at radius 1 is 1.03 bits per heavy atom. The first-order chi connectivity index (χ1) is 17.3. The Kier molecular flexibility index (Phi) is 5.80. The maximum Gasteiger partial charge on any atom is 0.416 e. The second kappa shape index (κ2) is 9.09. The van der Waals surface area contributed by atoms with E-state index in [1.165, 1.54) is 0 Å². The van der Waals surface area contributed by atoms with E-state index in [0.717, 1.165) is 11.1 Å². The molecule has 3 aromatic heterocycles. The predicted molar refractivity (Wildman–Crippen MR) is 122 cm³/mol. The van der Waals surface area contributed by atoms with Crippen molar-refractivity contribution in [3.8, 4) is 11.5 Å². The number of nitrogens with zero attached hydrogens (tertiary/aromatic N) is 5. The number of anilines is 2. The fourth-order valence-electron chi connectivity index (χ4n) is 3.71. The number of hydrogen-bond acceptors (Lipinski definition) is 5. The van der Waals surface area contributed by atoms with E-state index >= 15 is 0 Å². The van der Waals surface area contributed by atoms with Crippen molar-refractivity contribution in [2.45, 2.75) is 12.7 Å². The molecule has 13 heteroatoms. The second-order valence-electron chi connectivity index (χ2n) is 7.75. The quantitative estimate of drug-likeness (QED) is 0.294. The smallest absolute Gasteiger partial charge is 0.343 e. The molecule has 0 saturated heterocycles. The number of rotatable bonds is 5. The summed E-state index contributed by atoms with van der Waals surface area (Å²) in [7, 11) is 0. The number of tetrazole rings is 1. The van der Waals surface area contributed by atoms with E-state index in [0.29, 0.717) is 47.3 Å². The van der Waals surface area contributed by atoms with Gasteiger partial charge in [0.15, 0.2) is 5.82 Å². The Bertz CT molecular complexity index is 1550. The van der Waals surface area contributed by atoms with Gasteiger partial charge in [0.2, 0.25) is 0 Å². The lowest BCUT2D eigenvalue weighted by molar-refractivity contribution is -0.137. The highest BCUT2D eigenvalue weighted by Crippen LogP contribution is 2.32. The minimum atomic E-state index is -4.67. The summed E-state index contributed by atoms with van der Waals surface area (Å²) in [6.45, 7) is 0.478. The van der Waals surface area contributed by atoms with Crippen molar-refractivity contribution < 1.29 is 22.4 Å². The van der Waals surface area contributed by atoms with Gasteiger partial charge in [0, 0.05) is 24.3 Å². The number of aromatic amines is 1. The molecule has 5 aromatic rings. The maximum atomic E-state index is 14.0. The number of amides is 2. The van der Waals surface area contributed by atoms with Crippen LogP contribution in [0.2, 0.25) is 0 Å². The number of aromatic nitrogens is 6. The van der Waals surface area contributed by atoms with E-state index in [2.05, 4.69) is 36.2 Å². The first-order valence-electron chi connectivity index (χ1n) is 10.5. The van der Waals surface area contributed by atoms with Crippen molar-refractivity contribution in [3.05, 3.63) is 83.9 Å². The van der Waals surface area contributed by atoms with Gasteiger partial charge in [-0.05, 0) is 64.5 Å². The highest BCUT2D eigenvalue weighted by atomic mass is 19.4. The molecule has 0 aliphatic heterocycles. The largest absolute Gasteiger partial charge is 0.416 e. The van der Waals surface area contributed by atoms with E-state index in [1.807, 2.05) is 29.0 Å². The third-order valence-corrected chi connectivity index (χ3v) is 5.37. The number of nitrogens with one attached hydrogen (secondary N) is 3. The van der Waals surface area contributed by atoms with Crippen molar-refractivity contribution in [2.75, 3.05) is 10.6 Å². The molecule has 182 valence electrons. The van der Waals surface area contributed by atoms with E-state index in [1.54, 1.807) is 24.4 Å². The summed E-state index contributed by atoms with van der Waals surface area (Å²) in [6.07, 6.45) is -1.20. The number of benzene rings is 2. The summed E-state index contributed by atoms with van der Waals surface area (Å²) < 4.78 is 54.8. The lowest BCUT2D eigenvalue weighted by Gasteiger charge is -2.12. The van der Waals surface area contributed by atoms with Gasteiger partial charge in [-0.2, -0.15) is 13.2 Å². The number of pyridine rings is 1. The van der Waals surface area contributed by atoms with E-state index in [-0.39, 0.29) is 0 Å². The van der Waals surface area contributed by atoms with Crippen LogP contribution in [0.4, 0.5) is 33.7 Å². The van der Waals surface area contributed by atoms with Crippen LogP contribution in [0.5, 0.6) is 0 Å². The molecule has 0 atom stereocenters. The van der Waals surface area contributed by atoms with Crippen LogP contribution in [0.1, 0.15) is 11.1 Å². The molecule has 0 aliphatic carbocycles. The molecule has 2 aromatic carbocycles. The fraction of sp³-hybridized carbons (Fsp3) is 0.0870. The summed E-state index contributed by atoms with van der Waals surface area (Å²) in [5.41, 5.74) is 1.04. The first-order valence-corrected chi connectivity index (χ1v) is 10.5. The molecule has 0 bridgehead atoms. The number of hydrogen-bond donors (Lipinski definition) is 3. The molecule has 3 heterocycles. The van der Waals surface area contributed by atoms with Gasteiger partial charge in [-0.25, -0.2) is 14.3 Å². The van der Waals surface area contributed by atoms with Crippen molar-refractivity contribution >= 4 is 28.3 Å². The van der Waals surface area contributed by atoms with Gasteiger partial charge >= 0.3 is 12.2 Å². The van der Waals surface area contributed by atoms with Crippen LogP contribution in [0, 0.1) is 5.82 Å². The Balaban J connectivity index is 1.35. The number of carbonyl (C=O) groups excluding carboxylic acids is 1. The molecule has 3 N–H and O–H groups in total. The van der Waals surface area contributed by atoms with E-state index < -0.39 is 29.3 Å². The van der Waals surface area contributed by atoms with Crippen molar-refractivity contribution in [2.24, 2.45) is 0 Å². The van der Waals surface area contributed by atoms with Gasteiger partial charge in [0.05, 0.1) is 22.5 Å². The lowest BCUT2D eigenvalue weighted by Crippen LogP contribution is -2.20. The monoisotopic (exact) mass is 496 g/mol. The van der Waals surface area contributed by atoms with Crippen LogP contribution in [-0.2, 0) is 12.7 Å². The van der Waals surface area contributed by atoms with Crippen LogP contribution < -0.4 is 10.6 Å². The summed E-state index contributed by atoms with van der Waals surface area (Å²) in [4.78, 5) is 16.7. The summed E-state index contributed by atoms with van der Waals surface area (Å²) >= 11 is 0. The van der Waals surface area contributed by atoms with Gasteiger partial charge in [-0.15, -0.1) is 5.10 Å². The summed E-state index contributed by atoms with van der Waals surface area (Å²) in [5.74, 6) is -0.552. The number of alkyl halides is 3. The second-order valence-corrected chi connectivity index (χ2v) is 7.75. The minimum Gasteiger partial charge on any atom is -0.343 e. The minimum absolute atomic E-state index is 0.402. The van der Waals surface area contributed by atoms with Crippen LogP contribution >= 0.6 is 0 Å². The lowest BCUT2D eigenvalue weighted by atomic mass is 10.2. The molecule has 0 unspecified atom stereocenters. The van der Waals surface area contributed by atoms with Gasteiger partial charge in [-0.3, -0.25) is 4.98 Å². The van der Waals surface area contributed by atoms with Crippen LogP contribution in [-0.4, -0.2) is 36.2 Å². The zero-order valence-electron chi connectivity index (χ0n) is 18.2. The van der Waals surface area contributed by atoms with Gasteiger partial charge in [0.25, 0.3) is 0 Å². The SMILES string of the molecule is O=C(Nc1cc(C(F)(F)F)ccc1F)Nc1cccc2c1ccn2Cc1ccnc(-c2nnn[nH]2)c1. The van der Waals surface area contributed by atoms with Crippen molar-refractivity contribution in [3.63, 3.8) is 0 Å². The maximum absolute atomic E-state index is 14.0. The Hall–Kier alpha value is -4.81. The number of urea groups is 1. The third kappa shape index (κ3) is 4.71. The van der Waals surface area contributed by atoms with E-state index in [4.69, 9.17) is 0 Å².